The van der Waals surface area contributed by atoms with E-state index in [1.165, 1.54) is 24.8 Å². The van der Waals surface area contributed by atoms with Crippen LogP contribution in [0, 0.1) is 6.92 Å². The Balaban J connectivity index is 0. The van der Waals surface area contributed by atoms with E-state index in [0.29, 0.717) is 0 Å². The Labute approximate surface area is 77.7 Å². The van der Waals surface area contributed by atoms with Crippen LogP contribution in [0.3, 0.4) is 0 Å². The van der Waals surface area contributed by atoms with Crippen LogP contribution in [0.1, 0.15) is 19.3 Å². The molecule has 42 valence electrons. The molecule has 0 spiro atoms. The molecule has 0 aromatic rings. The summed E-state index contributed by atoms with van der Waals surface area (Å²) in [6.45, 7) is 3.80. The van der Waals surface area contributed by atoms with E-state index < -0.39 is 0 Å². The summed E-state index contributed by atoms with van der Waals surface area (Å²) in [6.07, 6.45) is 6.04. The van der Waals surface area contributed by atoms with Crippen LogP contribution in [0.15, 0.2) is 11.6 Å². The summed E-state index contributed by atoms with van der Waals surface area (Å²) in [5, 5.41) is 0. The topological polar surface area (TPSA) is 0 Å². The number of allylic oxidation sites excluding steroid dienone is 2. The molecule has 0 nitrogen and oxygen atoms in total. The monoisotopic (exact) mass is 184 g/mol. The molecule has 8 heavy (non-hydrogen) atoms. The maximum absolute atomic E-state index is 3.80. The first-order chi connectivity index (χ1) is 2.89. The molecule has 0 atom stereocenters. The minimum atomic E-state index is 0. The second kappa shape index (κ2) is 5.98. The molecule has 0 amide bonds. The van der Waals surface area contributed by atoms with Gasteiger partial charge < -0.3 is 17.0 Å². The smallest absolute Gasteiger partial charge is 1.00 e. The SMILES string of the molecule is [Br-].[CH2-]C1=CCCC1.[Mg+2]. The van der Waals surface area contributed by atoms with Gasteiger partial charge in [0.25, 0.3) is 0 Å². The van der Waals surface area contributed by atoms with Crippen LogP contribution in [0.4, 0.5) is 0 Å². The maximum Gasteiger partial charge on any atom is 2.00 e. The van der Waals surface area contributed by atoms with Gasteiger partial charge in [-0.25, -0.2) is 18.6 Å². The predicted octanol–water partition coefficient (Wildman–Crippen LogP) is -1.45. The molecule has 1 aliphatic carbocycles. The zero-order chi connectivity index (χ0) is 4.41. The average molecular weight is 185 g/mol. The van der Waals surface area contributed by atoms with Gasteiger partial charge in [0.15, 0.2) is 0 Å². The summed E-state index contributed by atoms with van der Waals surface area (Å²) in [4.78, 5) is 0. The van der Waals surface area contributed by atoms with Crippen molar-refractivity contribution in [3.8, 4) is 0 Å². The van der Waals surface area contributed by atoms with Crippen LogP contribution < -0.4 is 17.0 Å². The van der Waals surface area contributed by atoms with Gasteiger partial charge in [-0.1, -0.05) is 12.8 Å². The number of rotatable bonds is 0. The number of halogens is 1. The van der Waals surface area contributed by atoms with Gasteiger partial charge in [-0.3, -0.25) is 0 Å². The minimum Gasteiger partial charge on any atom is -1.00 e. The third-order valence-electron chi connectivity index (χ3n) is 1.14. The molecular weight excluding hydrogens is 176 g/mol. The van der Waals surface area contributed by atoms with Crippen molar-refractivity contribution in [1.29, 1.82) is 0 Å². The Bertz CT molecular complexity index is 78.6. The molecule has 0 saturated heterocycles. The fourth-order valence-corrected chi connectivity index (χ4v) is 0.737. The van der Waals surface area contributed by atoms with Gasteiger partial charge in [0, 0.05) is 0 Å². The molecule has 0 aliphatic heterocycles. The minimum absolute atomic E-state index is 0. The molecular formula is C6H9BrMg. The summed E-state index contributed by atoms with van der Waals surface area (Å²) in [5.74, 6) is 0. The van der Waals surface area contributed by atoms with Crippen molar-refractivity contribution >= 4 is 23.1 Å². The van der Waals surface area contributed by atoms with Gasteiger partial charge >= 0.3 is 23.1 Å². The number of hydrogen-bond acceptors (Lipinski definition) is 0. The van der Waals surface area contributed by atoms with Crippen LogP contribution in [0.5, 0.6) is 0 Å². The Morgan fingerprint density at radius 2 is 2.12 bits per heavy atom. The number of hydrogen-bond donors (Lipinski definition) is 0. The van der Waals surface area contributed by atoms with Gasteiger partial charge in [0.1, 0.15) is 0 Å². The molecule has 0 saturated carbocycles. The first kappa shape index (κ1) is 11.6. The third kappa shape index (κ3) is 3.81. The van der Waals surface area contributed by atoms with E-state index >= 15 is 0 Å². The van der Waals surface area contributed by atoms with E-state index in [0.717, 1.165) is 0 Å². The molecule has 1 rings (SSSR count). The van der Waals surface area contributed by atoms with Gasteiger partial charge in [0.05, 0.1) is 0 Å². The molecule has 0 aromatic heterocycles. The fraction of sp³-hybridized carbons (Fsp3) is 0.500. The largest absolute Gasteiger partial charge is 2.00 e. The van der Waals surface area contributed by atoms with E-state index in [1.54, 1.807) is 0 Å². The summed E-state index contributed by atoms with van der Waals surface area (Å²) in [5.41, 5.74) is 1.33. The van der Waals surface area contributed by atoms with Crippen LogP contribution in [0.25, 0.3) is 0 Å². The summed E-state index contributed by atoms with van der Waals surface area (Å²) >= 11 is 0. The standard InChI is InChI=1S/C6H9.BrH.Mg/c1-6-4-2-3-5-6;;/h4H,1-3,5H2;1H;/q-1;;+2/p-1. The van der Waals surface area contributed by atoms with E-state index in [9.17, 15) is 0 Å². The second-order valence-corrected chi connectivity index (χ2v) is 1.75. The molecule has 0 radical (unpaired) electrons. The second-order valence-electron chi connectivity index (χ2n) is 1.75. The van der Waals surface area contributed by atoms with E-state index in [2.05, 4.69) is 13.0 Å². The summed E-state index contributed by atoms with van der Waals surface area (Å²) in [7, 11) is 0. The zero-order valence-corrected chi connectivity index (χ0v) is 7.99. The van der Waals surface area contributed by atoms with Crippen LogP contribution in [-0.2, 0) is 0 Å². The van der Waals surface area contributed by atoms with Crippen molar-refractivity contribution in [3.63, 3.8) is 0 Å². The van der Waals surface area contributed by atoms with E-state index in [1.807, 2.05) is 0 Å². The average Bonchev–Trinajstić information content (AvgIpc) is 1.86. The molecule has 0 unspecified atom stereocenters. The van der Waals surface area contributed by atoms with Crippen molar-refractivity contribution < 1.29 is 17.0 Å². The van der Waals surface area contributed by atoms with Crippen LogP contribution in [-0.4, -0.2) is 23.1 Å². The van der Waals surface area contributed by atoms with Gasteiger partial charge in [-0.05, 0) is 0 Å². The normalized spacial score (nSPS) is 15.8. The van der Waals surface area contributed by atoms with Crippen LogP contribution >= 0.6 is 0 Å². The van der Waals surface area contributed by atoms with Crippen LogP contribution in [0.2, 0.25) is 0 Å². The van der Waals surface area contributed by atoms with E-state index in [-0.39, 0.29) is 40.0 Å². The molecule has 0 heterocycles. The fourth-order valence-electron chi connectivity index (χ4n) is 0.737. The molecule has 1 aliphatic rings. The molecule has 0 bridgehead atoms. The Morgan fingerprint density at radius 1 is 1.50 bits per heavy atom. The summed E-state index contributed by atoms with van der Waals surface area (Å²) in [6, 6.07) is 0. The van der Waals surface area contributed by atoms with Crippen molar-refractivity contribution in [2.24, 2.45) is 0 Å². The Hall–Kier alpha value is 0.856. The Kier molecular flexibility index (Phi) is 8.70. The first-order valence-corrected chi connectivity index (χ1v) is 2.40. The predicted molar refractivity (Wildman–Crippen MR) is 33.0 cm³/mol. The third-order valence-corrected chi connectivity index (χ3v) is 1.14. The summed E-state index contributed by atoms with van der Waals surface area (Å²) < 4.78 is 0. The first-order valence-electron chi connectivity index (χ1n) is 2.40. The molecule has 0 N–H and O–H groups in total. The van der Waals surface area contributed by atoms with Gasteiger partial charge in [-0.15, -0.1) is 6.42 Å². The van der Waals surface area contributed by atoms with E-state index in [4.69, 9.17) is 0 Å². The van der Waals surface area contributed by atoms with Gasteiger partial charge in [0.2, 0.25) is 0 Å². The van der Waals surface area contributed by atoms with Crippen molar-refractivity contribution in [2.75, 3.05) is 0 Å². The quantitative estimate of drug-likeness (QED) is 0.320. The zero-order valence-electron chi connectivity index (χ0n) is 4.99. The molecule has 2 heteroatoms. The van der Waals surface area contributed by atoms with Crippen molar-refractivity contribution in [2.45, 2.75) is 19.3 Å². The van der Waals surface area contributed by atoms with Gasteiger partial charge in [-0.2, -0.15) is 0 Å². The Morgan fingerprint density at radius 3 is 2.25 bits per heavy atom. The maximum atomic E-state index is 3.80. The molecule has 0 aromatic carbocycles. The van der Waals surface area contributed by atoms with Crippen molar-refractivity contribution in [1.82, 2.24) is 0 Å². The molecule has 0 fully saturated rings. The van der Waals surface area contributed by atoms with Crippen molar-refractivity contribution in [3.05, 3.63) is 18.6 Å².